The van der Waals surface area contributed by atoms with Crippen molar-refractivity contribution in [2.45, 2.75) is 31.4 Å². The van der Waals surface area contributed by atoms with Gasteiger partial charge in [-0.25, -0.2) is 19.9 Å². The highest BCUT2D eigenvalue weighted by molar-refractivity contribution is 5.91. The zero-order chi connectivity index (χ0) is 21.0. The molecule has 30 heavy (non-hydrogen) atoms. The second-order valence-corrected chi connectivity index (χ2v) is 7.35. The summed E-state index contributed by atoms with van der Waals surface area (Å²) in [4.78, 5) is 28.4. The quantitative estimate of drug-likeness (QED) is 0.810. The van der Waals surface area contributed by atoms with Crippen molar-refractivity contribution in [2.75, 3.05) is 19.0 Å². The van der Waals surface area contributed by atoms with E-state index in [4.69, 9.17) is 14.2 Å². The Balaban J connectivity index is 1.42. The zero-order valence-corrected chi connectivity index (χ0v) is 16.6. The van der Waals surface area contributed by atoms with Crippen LogP contribution < -0.4 is 10.6 Å². The Bertz CT molecular complexity index is 976. The number of hydrogen-bond donors (Lipinski definition) is 2. The van der Waals surface area contributed by atoms with E-state index in [-0.39, 0.29) is 12.6 Å². The number of aryl methyl sites for hydroxylation is 1. The third-order valence-corrected chi connectivity index (χ3v) is 5.30. The van der Waals surface area contributed by atoms with Crippen LogP contribution in [0.25, 0.3) is 0 Å². The van der Waals surface area contributed by atoms with Crippen LogP contribution in [-0.2, 0) is 33.7 Å². The maximum absolute atomic E-state index is 12.1. The number of anilines is 1. The number of carbonyl (C=O) groups excluding carboxylic acids is 2. The third kappa shape index (κ3) is 4.37. The lowest BCUT2D eigenvalue weighted by molar-refractivity contribution is 0.142. The highest BCUT2D eigenvalue weighted by Crippen LogP contribution is 2.38. The molecule has 0 saturated carbocycles. The van der Waals surface area contributed by atoms with Crippen molar-refractivity contribution < 1.29 is 23.8 Å². The molecule has 0 fully saturated rings. The van der Waals surface area contributed by atoms with Crippen LogP contribution in [0.5, 0.6) is 0 Å². The van der Waals surface area contributed by atoms with E-state index in [1.54, 1.807) is 0 Å². The minimum absolute atomic E-state index is 0.162. The van der Waals surface area contributed by atoms with Gasteiger partial charge >= 0.3 is 12.2 Å². The average molecular weight is 409 g/mol. The van der Waals surface area contributed by atoms with Crippen molar-refractivity contribution in [3.8, 4) is 0 Å². The summed E-state index contributed by atoms with van der Waals surface area (Å²) in [6, 6.07) is 15.4. The number of carbonyl (C=O) groups is 2. The molecular weight excluding hydrogens is 386 g/mol. The minimum atomic E-state index is -0.612. The number of amides is 2. The number of rotatable bonds is 3. The predicted octanol–water partition coefficient (Wildman–Crippen LogP) is 3.41. The first-order chi connectivity index (χ1) is 14.6. The van der Waals surface area contributed by atoms with Gasteiger partial charge in [-0.15, -0.1) is 0 Å². The molecule has 8 heteroatoms. The number of amidine groups is 1. The van der Waals surface area contributed by atoms with Crippen LogP contribution >= 0.6 is 0 Å². The molecule has 2 aromatic rings. The topological polar surface area (TPSA) is 98.2 Å². The average Bonchev–Trinajstić information content (AvgIpc) is 3.15. The van der Waals surface area contributed by atoms with Gasteiger partial charge in [0.05, 0.1) is 7.11 Å². The van der Waals surface area contributed by atoms with Crippen molar-refractivity contribution >= 4 is 23.9 Å². The molecule has 0 aromatic heterocycles. The fraction of sp³-hybridized carbons (Fsp3) is 0.318. The summed E-state index contributed by atoms with van der Waals surface area (Å²) in [5.74, 6) is 0. The van der Waals surface area contributed by atoms with E-state index in [9.17, 15) is 9.59 Å². The van der Waals surface area contributed by atoms with Crippen molar-refractivity contribution in [3.63, 3.8) is 0 Å². The van der Waals surface area contributed by atoms with Crippen molar-refractivity contribution in [1.29, 1.82) is 0 Å². The third-order valence-electron chi connectivity index (χ3n) is 5.30. The summed E-state index contributed by atoms with van der Waals surface area (Å²) >= 11 is 0. The van der Waals surface area contributed by atoms with E-state index >= 15 is 0 Å². The summed E-state index contributed by atoms with van der Waals surface area (Å²) in [5, 5.41) is 5.34. The van der Waals surface area contributed by atoms with Crippen LogP contribution in [0.1, 0.15) is 23.1 Å². The summed E-state index contributed by atoms with van der Waals surface area (Å²) in [7, 11) is 1.33. The van der Waals surface area contributed by atoms with E-state index in [1.807, 2.05) is 48.5 Å². The van der Waals surface area contributed by atoms with Gasteiger partial charge in [0.1, 0.15) is 18.8 Å². The molecule has 0 bridgehead atoms. The Morgan fingerprint density at radius 3 is 2.73 bits per heavy atom. The monoisotopic (exact) mass is 409 g/mol. The Kier molecular flexibility index (Phi) is 5.56. The van der Waals surface area contributed by atoms with Crippen LogP contribution in [0.15, 0.2) is 53.5 Å². The SMILES string of the molecule is COC(=O)Nc1cccc2c1CC1(CC2)COC(NC(=O)OCc2ccccc2)=N1. The number of alkyl carbamates (subject to hydrolysis) is 1. The van der Waals surface area contributed by atoms with Gasteiger partial charge in [0.2, 0.25) is 0 Å². The summed E-state index contributed by atoms with van der Waals surface area (Å²) in [6.45, 7) is 0.522. The number of aliphatic imine (C=N–C) groups is 1. The molecule has 0 saturated heterocycles. The predicted molar refractivity (Wildman–Crippen MR) is 110 cm³/mol. The number of benzene rings is 2. The molecule has 2 aromatic carbocycles. The number of ether oxygens (including phenoxy) is 3. The second kappa shape index (κ2) is 8.44. The van der Waals surface area contributed by atoms with Gasteiger partial charge in [-0.3, -0.25) is 5.32 Å². The van der Waals surface area contributed by atoms with Crippen LogP contribution in [-0.4, -0.2) is 37.5 Å². The lowest BCUT2D eigenvalue weighted by Gasteiger charge is -2.31. The van der Waals surface area contributed by atoms with Crippen molar-refractivity contribution in [2.24, 2.45) is 4.99 Å². The lowest BCUT2D eigenvalue weighted by atomic mass is 9.78. The standard InChI is InChI=1S/C22H23N3O5/c1-28-20(26)23-18-9-5-8-16-10-11-22(12-17(16)18)14-30-19(25-22)24-21(27)29-13-15-6-3-2-4-7-15/h2-9H,10-14H2,1H3,(H,23,26)(H,24,25,27). The van der Waals surface area contributed by atoms with Crippen molar-refractivity contribution in [1.82, 2.24) is 5.32 Å². The fourth-order valence-corrected chi connectivity index (χ4v) is 3.75. The molecule has 1 unspecified atom stereocenters. The molecule has 1 atom stereocenters. The highest BCUT2D eigenvalue weighted by atomic mass is 16.6. The van der Waals surface area contributed by atoms with Gasteiger partial charge in [0.25, 0.3) is 6.02 Å². The van der Waals surface area contributed by atoms with Gasteiger partial charge in [0.15, 0.2) is 0 Å². The molecule has 8 nitrogen and oxygen atoms in total. The molecule has 1 aliphatic heterocycles. The van der Waals surface area contributed by atoms with Gasteiger partial charge in [-0.1, -0.05) is 42.5 Å². The molecule has 1 spiro atoms. The minimum Gasteiger partial charge on any atom is -0.462 e. The van der Waals surface area contributed by atoms with E-state index in [0.717, 1.165) is 29.5 Å². The number of nitrogens with one attached hydrogen (secondary N) is 2. The summed E-state index contributed by atoms with van der Waals surface area (Å²) in [5.41, 5.74) is 3.29. The van der Waals surface area contributed by atoms with E-state index < -0.39 is 17.7 Å². The van der Waals surface area contributed by atoms with Gasteiger partial charge in [0, 0.05) is 12.1 Å². The number of hydrogen-bond acceptors (Lipinski definition) is 6. The fourth-order valence-electron chi connectivity index (χ4n) is 3.75. The molecule has 4 rings (SSSR count). The van der Waals surface area contributed by atoms with Crippen LogP contribution in [0, 0.1) is 0 Å². The number of nitrogens with zero attached hydrogens (tertiary/aromatic N) is 1. The van der Waals surface area contributed by atoms with Crippen molar-refractivity contribution in [3.05, 3.63) is 65.2 Å². The molecular formula is C22H23N3O5. The Hall–Kier alpha value is -3.55. The highest BCUT2D eigenvalue weighted by Gasteiger charge is 2.41. The van der Waals surface area contributed by atoms with E-state index in [0.29, 0.717) is 18.7 Å². The largest absolute Gasteiger partial charge is 0.462 e. The number of fused-ring (bicyclic) bond motifs is 1. The molecule has 2 aliphatic rings. The van der Waals surface area contributed by atoms with Gasteiger partial charge in [-0.2, -0.15) is 0 Å². The Morgan fingerprint density at radius 2 is 1.93 bits per heavy atom. The molecule has 2 N–H and O–H groups in total. The zero-order valence-electron chi connectivity index (χ0n) is 16.6. The lowest BCUT2D eigenvalue weighted by Crippen LogP contribution is -2.36. The van der Waals surface area contributed by atoms with Crippen LogP contribution in [0.2, 0.25) is 0 Å². The van der Waals surface area contributed by atoms with E-state index in [1.165, 1.54) is 7.11 Å². The molecule has 1 heterocycles. The van der Waals surface area contributed by atoms with Crippen LogP contribution in [0.4, 0.5) is 15.3 Å². The first kappa shape index (κ1) is 19.8. The van der Waals surface area contributed by atoms with E-state index in [2.05, 4.69) is 15.6 Å². The summed E-state index contributed by atoms with van der Waals surface area (Å²) < 4.78 is 15.6. The number of methoxy groups -OCH3 is 1. The Morgan fingerprint density at radius 1 is 1.10 bits per heavy atom. The molecule has 156 valence electrons. The molecule has 2 amide bonds. The first-order valence-corrected chi connectivity index (χ1v) is 9.73. The summed E-state index contributed by atoms with van der Waals surface area (Å²) in [6.07, 6.45) is 1.04. The van der Waals surface area contributed by atoms with Crippen LogP contribution in [0.3, 0.4) is 0 Å². The normalized spacial score (nSPS) is 19.3. The second-order valence-electron chi connectivity index (χ2n) is 7.35. The maximum atomic E-state index is 12.1. The van der Waals surface area contributed by atoms with Gasteiger partial charge in [-0.05, 0) is 35.6 Å². The Labute approximate surface area is 174 Å². The first-order valence-electron chi connectivity index (χ1n) is 9.73. The molecule has 0 radical (unpaired) electrons. The van der Waals surface area contributed by atoms with Gasteiger partial charge < -0.3 is 14.2 Å². The molecule has 1 aliphatic carbocycles. The maximum Gasteiger partial charge on any atom is 0.415 e. The smallest absolute Gasteiger partial charge is 0.415 e.